The molecule has 2 aromatic rings. The molecule has 0 bridgehead atoms. The van der Waals surface area contributed by atoms with E-state index in [-0.39, 0.29) is 28.7 Å². The minimum Gasteiger partial charge on any atom is -0.496 e. The maximum absolute atomic E-state index is 13.3. The lowest BCUT2D eigenvalue weighted by atomic mass is 10.2. The van der Waals surface area contributed by atoms with Crippen molar-refractivity contribution in [1.29, 1.82) is 0 Å². The number of likely N-dealkylation sites (tertiary alicyclic amines) is 1. The maximum Gasteiger partial charge on any atom is 0.342 e. The van der Waals surface area contributed by atoms with Crippen molar-refractivity contribution in [2.24, 2.45) is 0 Å². The number of hydrogen-bond donors (Lipinski definition) is 0. The first-order valence-electron chi connectivity index (χ1n) is 10.2. The van der Waals surface area contributed by atoms with Crippen LogP contribution in [0, 0.1) is 0 Å². The van der Waals surface area contributed by atoms with Gasteiger partial charge in [-0.1, -0.05) is 18.2 Å². The number of sulfonamides is 1. The van der Waals surface area contributed by atoms with E-state index in [1.54, 1.807) is 17.0 Å². The summed E-state index contributed by atoms with van der Waals surface area (Å²) in [6.45, 7) is 1.35. The van der Waals surface area contributed by atoms with Gasteiger partial charge in [0.05, 0.1) is 24.2 Å². The summed E-state index contributed by atoms with van der Waals surface area (Å²) in [5.41, 5.74) is 1.65. The Kier molecular flexibility index (Phi) is 5.86. The van der Waals surface area contributed by atoms with Gasteiger partial charge in [-0.2, -0.15) is 0 Å². The molecular formula is C22H24N2O6S. The number of carbonyl (C=O) groups excluding carboxylic acids is 2. The molecule has 0 aromatic heterocycles. The highest BCUT2D eigenvalue weighted by Crippen LogP contribution is 2.34. The van der Waals surface area contributed by atoms with E-state index in [2.05, 4.69) is 0 Å². The number of methoxy groups -OCH3 is 1. The first-order chi connectivity index (χ1) is 14.9. The standard InChI is InChI=1S/C22H24N2O6S/c1-29-20-9-8-17(31(27,28)24-12-10-16-5-2-3-6-19(16)24)15-18(20)22(26)30-14-13-23-11-4-7-21(23)25/h2-3,5-6,8-9,15H,4,7,10-14H2,1H3. The zero-order valence-corrected chi connectivity index (χ0v) is 18.1. The first kappa shape index (κ1) is 21.2. The van der Waals surface area contributed by atoms with Crippen molar-refractivity contribution in [3.63, 3.8) is 0 Å². The van der Waals surface area contributed by atoms with Crippen LogP contribution in [0.3, 0.4) is 0 Å². The minimum atomic E-state index is -3.86. The number of rotatable bonds is 7. The van der Waals surface area contributed by atoms with Gasteiger partial charge in [-0.25, -0.2) is 13.2 Å². The second-order valence-electron chi connectivity index (χ2n) is 7.44. The Morgan fingerprint density at radius 2 is 1.90 bits per heavy atom. The van der Waals surface area contributed by atoms with E-state index in [4.69, 9.17) is 9.47 Å². The quantitative estimate of drug-likeness (QED) is 0.608. The molecule has 1 amide bonds. The van der Waals surface area contributed by atoms with E-state index in [1.807, 2.05) is 12.1 Å². The number of hydrogen-bond acceptors (Lipinski definition) is 6. The Morgan fingerprint density at radius 3 is 2.65 bits per heavy atom. The largest absolute Gasteiger partial charge is 0.496 e. The third kappa shape index (κ3) is 4.10. The smallest absolute Gasteiger partial charge is 0.342 e. The van der Waals surface area contributed by atoms with Crippen LogP contribution >= 0.6 is 0 Å². The van der Waals surface area contributed by atoms with E-state index < -0.39 is 16.0 Å². The Hall–Kier alpha value is -3.07. The Labute approximate surface area is 181 Å². The Balaban J connectivity index is 1.54. The van der Waals surface area contributed by atoms with Crippen LogP contribution in [0.1, 0.15) is 28.8 Å². The zero-order chi connectivity index (χ0) is 22.0. The van der Waals surface area contributed by atoms with Gasteiger partial charge in [0.1, 0.15) is 17.9 Å². The SMILES string of the molecule is COc1ccc(S(=O)(=O)N2CCc3ccccc32)cc1C(=O)OCCN1CCCC1=O. The zero-order valence-electron chi connectivity index (χ0n) is 17.2. The molecule has 9 heteroatoms. The number of carbonyl (C=O) groups is 2. The molecule has 1 saturated heterocycles. The molecule has 4 rings (SSSR count). The molecule has 2 aliphatic heterocycles. The fraction of sp³-hybridized carbons (Fsp3) is 0.364. The van der Waals surface area contributed by atoms with Gasteiger partial charge < -0.3 is 14.4 Å². The third-order valence-corrected chi connectivity index (χ3v) is 7.40. The van der Waals surface area contributed by atoms with E-state index >= 15 is 0 Å². The van der Waals surface area contributed by atoms with Crippen LogP contribution in [-0.4, -0.2) is 58.5 Å². The van der Waals surface area contributed by atoms with Crippen LogP contribution in [0.15, 0.2) is 47.4 Å². The number of nitrogens with zero attached hydrogens (tertiary/aromatic N) is 2. The summed E-state index contributed by atoms with van der Waals surface area (Å²) in [5.74, 6) is -0.419. The summed E-state index contributed by atoms with van der Waals surface area (Å²) < 4.78 is 38.5. The van der Waals surface area contributed by atoms with Gasteiger partial charge in [-0.05, 0) is 42.7 Å². The van der Waals surface area contributed by atoms with Gasteiger partial charge in [0, 0.05) is 19.5 Å². The second kappa shape index (κ2) is 8.58. The van der Waals surface area contributed by atoms with Gasteiger partial charge in [0.15, 0.2) is 0 Å². The average Bonchev–Trinajstić information content (AvgIpc) is 3.39. The number of anilines is 1. The molecule has 0 saturated carbocycles. The van der Waals surface area contributed by atoms with Crippen LogP contribution in [0.5, 0.6) is 5.75 Å². The highest BCUT2D eigenvalue weighted by atomic mass is 32.2. The van der Waals surface area contributed by atoms with Crippen molar-refractivity contribution in [2.75, 3.05) is 37.7 Å². The summed E-state index contributed by atoms with van der Waals surface area (Å²) in [7, 11) is -2.45. The molecule has 8 nitrogen and oxygen atoms in total. The molecule has 0 atom stereocenters. The lowest BCUT2D eigenvalue weighted by Gasteiger charge is -2.20. The van der Waals surface area contributed by atoms with Gasteiger partial charge in [0.2, 0.25) is 5.91 Å². The molecule has 0 spiro atoms. The van der Waals surface area contributed by atoms with Gasteiger partial charge >= 0.3 is 5.97 Å². The molecule has 0 radical (unpaired) electrons. The number of esters is 1. The van der Waals surface area contributed by atoms with Crippen molar-refractivity contribution < 1.29 is 27.5 Å². The number of benzene rings is 2. The van der Waals surface area contributed by atoms with Crippen molar-refractivity contribution in [3.05, 3.63) is 53.6 Å². The summed E-state index contributed by atoms with van der Waals surface area (Å²) in [6.07, 6.45) is 1.96. The molecule has 31 heavy (non-hydrogen) atoms. The highest BCUT2D eigenvalue weighted by molar-refractivity contribution is 7.92. The van der Waals surface area contributed by atoms with Crippen molar-refractivity contribution in [3.8, 4) is 5.75 Å². The monoisotopic (exact) mass is 444 g/mol. The lowest BCUT2D eigenvalue weighted by molar-refractivity contribution is -0.128. The Bertz CT molecular complexity index is 1110. The molecule has 1 fully saturated rings. The topological polar surface area (TPSA) is 93.2 Å². The second-order valence-corrected chi connectivity index (χ2v) is 9.30. The third-order valence-electron chi connectivity index (χ3n) is 5.59. The molecule has 2 aromatic carbocycles. The van der Waals surface area contributed by atoms with Crippen LogP contribution in [0.2, 0.25) is 0 Å². The predicted molar refractivity (Wildman–Crippen MR) is 114 cm³/mol. The van der Waals surface area contributed by atoms with Crippen molar-refractivity contribution in [2.45, 2.75) is 24.2 Å². The van der Waals surface area contributed by atoms with E-state index in [0.29, 0.717) is 38.2 Å². The normalized spacial score (nSPS) is 15.8. The number of para-hydroxylation sites is 1. The molecule has 2 aliphatic rings. The maximum atomic E-state index is 13.3. The average molecular weight is 445 g/mol. The van der Waals surface area contributed by atoms with Crippen molar-refractivity contribution >= 4 is 27.6 Å². The van der Waals surface area contributed by atoms with E-state index in [9.17, 15) is 18.0 Å². The Morgan fingerprint density at radius 1 is 1.10 bits per heavy atom. The van der Waals surface area contributed by atoms with Crippen LogP contribution in [-0.2, 0) is 26.0 Å². The van der Waals surface area contributed by atoms with Crippen LogP contribution in [0.25, 0.3) is 0 Å². The molecule has 2 heterocycles. The molecule has 0 unspecified atom stereocenters. The number of fused-ring (bicyclic) bond motifs is 1. The van der Waals surface area contributed by atoms with Gasteiger partial charge in [-0.15, -0.1) is 0 Å². The van der Waals surface area contributed by atoms with Crippen molar-refractivity contribution in [1.82, 2.24) is 4.90 Å². The number of ether oxygens (including phenoxy) is 2. The highest BCUT2D eigenvalue weighted by Gasteiger charge is 2.32. The van der Waals surface area contributed by atoms with E-state index in [1.165, 1.54) is 29.6 Å². The minimum absolute atomic E-state index is 0.00771. The summed E-state index contributed by atoms with van der Waals surface area (Å²) in [5, 5.41) is 0. The summed E-state index contributed by atoms with van der Waals surface area (Å²) in [6, 6.07) is 11.5. The van der Waals surface area contributed by atoms with E-state index in [0.717, 1.165) is 12.0 Å². The first-order valence-corrected chi connectivity index (χ1v) is 11.6. The predicted octanol–water partition coefficient (Wildman–Crippen LogP) is 2.23. The lowest BCUT2D eigenvalue weighted by Crippen LogP contribution is -2.30. The van der Waals surface area contributed by atoms with Gasteiger partial charge in [-0.3, -0.25) is 9.10 Å². The molecule has 0 aliphatic carbocycles. The van der Waals surface area contributed by atoms with Crippen LogP contribution < -0.4 is 9.04 Å². The van der Waals surface area contributed by atoms with Gasteiger partial charge in [0.25, 0.3) is 10.0 Å². The molecule has 164 valence electrons. The summed E-state index contributed by atoms with van der Waals surface area (Å²) >= 11 is 0. The number of amides is 1. The fourth-order valence-corrected chi connectivity index (χ4v) is 5.49. The van der Waals surface area contributed by atoms with Crippen LogP contribution in [0.4, 0.5) is 5.69 Å². The fourth-order valence-electron chi connectivity index (χ4n) is 3.96. The molecular weight excluding hydrogens is 420 g/mol. The molecule has 0 N–H and O–H groups in total. The summed E-state index contributed by atoms with van der Waals surface area (Å²) in [4.78, 5) is 26.0.